The molecule has 0 unspecified atom stereocenters. The molecule has 10 nitrogen and oxygen atoms in total. The molecule has 0 saturated carbocycles. The highest BCUT2D eigenvalue weighted by atomic mass is 28.4. The number of benzene rings is 1. The molecule has 0 radical (unpaired) electrons. The Kier molecular flexibility index (Phi) is 14.5. The first-order valence-electron chi connectivity index (χ1n) is 15.7. The molecule has 2 rings (SSSR count). The molecule has 1 aliphatic heterocycles. The van der Waals surface area contributed by atoms with E-state index in [0.717, 1.165) is 5.56 Å². The number of carbonyl (C=O) groups is 3. The highest BCUT2D eigenvalue weighted by Gasteiger charge is 2.59. The van der Waals surface area contributed by atoms with Gasteiger partial charge in [-0.15, -0.1) is 0 Å². The van der Waals surface area contributed by atoms with E-state index in [-0.39, 0.29) is 18.3 Å². The summed E-state index contributed by atoms with van der Waals surface area (Å²) in [4.78, 5) is 36.3. The lowest BCUT2D eigenvalue weighted by atomic mass is 9.74. The van der Waals surface area contributed by atoms with Crippen LogP contribution >= 0.6 is 0 Å². The van der Waals surface area contributed by atoms with E-state index in [0.29, 0.717) is 24.9 Å². The zero-order valence-electron chi connectivity index (χ0n) is 29.4. The number of rotatable bonds is 16. The second kappa shape index (κ2) is 16.9. The summed E-state index contributed by atoms with van der Waals surface area (Å²) in [5.41, 5.74) is 0.483. The molecule has 0 spiro atoms. The van der Waals surface area contributed by atoms with Gasteiger partial charge in [-0.05, 0) is 48.7 Å². The molecular weight excluding hydrogens is 608 g/mol. The molecule has 1 saturated heterocycles. The zero-order chi connectivity index (χ0) is 34.8. The van der Waals surface area contributed by atoms with E-state index in [1.54, 1.807) is 6.08 Å². The highest BCUT2D eigenvalue weighted by Crippen LogP contribution is 2.49. The predicted molar refractivity (Wildman–Crippen MR) is 177 cm³/mol. The van der Waals surface area contributed by atoms with Gasteiger partial charge in [0.15, 0.2) is 14.4 Å². The van der Waals surface area contributed by atoms with Crippen molar-refractivity contribution in [2.75, 3.05) is 21.0 Å². The summed E-state index contributed by atoms with van der Waals surface area (Å²) in [6, 6.07) is 9.85. The maximum absolute atomic E-state index is 12.6. The highest BCUT2D eigenvalue weighted by molar-refractivity contribution is 6.74. The normalized spacial score (nSPS) is 23.2. The van der Waals surface area contributed by atoms with Crippen molar-refractivity contribution >= 4 is 26.5 Å². The molecule has 0 amide bonds. The first-order valence-corrected chi connectivity index (χ1v) is 18.6. The van der Waals surface area contributed by atoms with Gasteiger partial charge in [0.1, 0.15) is 13.1 Å². The minimum absolute atomic E-state index is 0.0620. The molecule has 1 fully saturated rings. The predicted octanol–water partition coefficient (Wildman–Crippen LogP) is 6.29. The Morgan fingerprint density at radius 2 is 1.76 bits per heavy atom. The van der Waals surface area contributed by atoms with Gasteiger partial charge in [-0.2, -0.15) is 0 Å². The van der Waals surface area contributed by atoms with E-state index < -0.39 is 55.9 Å². The van der Waals surface area contributed by atoms with Crippen molar-refractivity contribution < 1.29 is 47.2 Å². The van der Waals surface area contributed by atoms with Crippen molar-refractivity contribution in [3.63, 3.8) is 0 Å². The Morgan fingerprint density at radius 1 is 1.11 bits per heavy atom. The molecule has 1 aromatic carbocycles. The average Bonchev–Trinajstić information content (AvgIpc) is 2.98. The van der Waals surface area contributed by atoms with Crippen molar-refractivity contribution in [3.05, 3.63) is 59.7 Å². The van der Waals surface area contributed by atoms with E-state index in [9.17, 15) is 14.4 Å². The summed E-state index contributed by atoms with van der Waals surface area (Å²) >= 11 is 0. The zero-order valence-corrected chi connectivity index (χ0v) is 30.4. The molecular formula is C35H54O10Si. The third-order valence-electron chi connectivity index (χ3n) is 8.86. The van der Waals surface area contributed by atoms with Crippen LogP contribution in [0.15, 0.2) is 54.1 Å². The van der Waals surface area contributed by atoms with Crippen LogP contribution in [0.3, 0.4) is 0 Å². The summed E-state index contributed by atoms with van der Waals surface area (Å²) in [6.07, 6.45) is 3.02. The molecule has 1 aliphatic rings. The van der Waals surface area contributed by atoms with E-state index >= 15 is 0 Å². The Balaban J connectivity index is 2.52. The van der Waals surface area contributed by atoms with Gasteiger partial charge in [0.2, 0.25) is 5.79 Å². The van der Waals surface area contributed by atoms with Crippen LogP contribution in [0.2, 0.25) is 18.1 Å². The molecule has 11 heteroatoms. The summed E-state index contributed by atoms with van der Waals surface area (Å²) in [6.45, 7) is 18.2. The minimum Gasteiger partial charge on any atom is -0.466 e. The van der Waals surface area contributed by atoms with Crippen LogP contribution in [0.25, 0.3) is 0 Å². The maximum atomic E-state index is 12.6. The molecule has 5 atom stereocenters. The van der Waals surface area contributed by atoms with Gasteiger partial charge < -0.3 is 32.8 Å². The molecule has 0 aliphatic carbocycles. The van der Waals surface area contributed by atoms with Crippen molar-refractivity contribution in [1.29, 1.82) is 0 Å². The van der Waals surface area contributed by atoms with E-state index in [4.69, 9.17) is 32.8 Å². The summed E-state index contributed by atoms with van der Waals surface area (Å²) in [5, 5.41) is -0.0868. The fourth-order valence-corrected chi connectivity index (χ4v) is 6.61. The lowest BCUT2D eigenvalue weighted by Crippen LogP contribution is -2.63. The Bertz CT molecular complexity index is 1200. The fraction of sp³-hybridized carbons (Fsp3) is 0.629. The van der Waals surface area contributed by atoms with Crippen molar-refractivity contribution in [2.24, 2.45) is 5.41 Å². The third-order valence-corrected chi connectivity index (χ3v) is 13.4. The van der Waals surface area contributed by atoms with Gasteiger partial charge >= 0.3 is 11.9 Å². The van der Waals surface area contributed by atoms with Crippen LogP contribution < -0.4 is 0 Å². The van der Waals surface area contributed by atoms with Crippen molar-refractivity contribution in [2.45, 2.75) is 116 Å². The molecule has 1 aromatic rings. The van der Waals surface area contributed by atoms with Gasteiger partial charge in [-0.25, -0.2) is 4.79 Å². The van der Waals surface area contributed by atoms with Gasteiger partial charge in [-0.3, -0.25) is 9.59 Å². The second-order valence-electron chi connectivity index (χ2n) is 13.7. The number of hydrogen-bond donors (Lipinski definition) is 0. The molecule has 258 valence electrons. The number of aldehydes is 1. The Hall–Kier alpha value is -2.67. The van der Waals surface area contributed by atoms with Crippen LogP contribution in [-0.4, -0.2) is 77.8 Å². The largest absolute Gasteiger partial charge is 0.466 e. The number of allylic oxidation sites excluding steroid dienone is 1. The lowest BCUT2D eigenvalue weighted by molar-refractivity contribution is -0.338. The first-order chi connectivity index (χ1) is 21.4. The quantitative estimate of drug-likeness (QED) is 0.0499. The molecule has 46 heavy (non-hydrogen) atoms. The second-order valence-corrected chi connectivity index (χ2v) is 18.5. The van der Waals surface area contributed by atoms with E-state index in [1.165, 1.54) is 33.3 Å². The van der Waals surface area contributed by atoms with Crippen LogP contribution in [-0.2, 0) is 53.8 Å². The Labute approximate surface area is 275 Å². The summed E-state index contributed by atoms with van der Waals surface area (Å²) in [7, 11) is 0.412. The van der Waals surface area contributed by atoms with Crippen molar-refractivity contribution in [3.8, 4) is 0 Å². The van der Waals surface area contributed by atoms with Crippen molar-refractivity contribution in [1.82, 2.24) is 0 Å². The summed E-state index contributed by atoms with van der Waals surface area (Å²) < 4.78 is 42.6. The smallest absolute Gasteiger partial charge is 0.330 e. The number of methoxy groups -OCH3 is 2. The monoisotopic (exact) mass is 662 g/mol. The van der Waals surface area contributed by atoms with Crippen LogP contribution in [0.5, 0.6) is 0 Å². The van der Waals surface area contributed by atoms with Gasteiger partial charge in [0.05, 0.1) is 32.0 Å². The molecule has 0 bridgehead atoms. The van der Waals surface area contributed by atoms with Gasteiger partial charge in [0, 0.05) is 31.9 Å². The molecule has 0 aromatic heterocycles. The average molecular weight is 663 g/mol. The van der Waals surface area contributed by atoms with Gasteiger partial charge in [-0.1, -0.05) is 71.0 Å². The van der Waals surface area contributed by atoms with E-state index in [1.807, 2.05) is 51.1 Å². The minimum atomic E-state index is -2.31. The standard InChI is InChI=1S/C35H54O10Si/c1-25(42-24-41-23-27-16-13-12-14-17-27)30(45-46(10,11)33(3,4)5)22-29-20-28(21-31(38)39-8)32(43-26(2)37)35(40-9,44-29)34(6,7)18-15-19-36/h12-19,21,25,29-30,32H,20,22-24H2,1-11H3/b18-15+,28-21+/t25-,29+,30-,32+,35-/m1/s1. The van der Waals surface area contributed by atoms with Crippen LogP contribution in [0, 0.1) is 5.41 Å². The molecule has 1 heterocycles. The topological polar surface area (TPSA) is 116 Å². The SMILES string of the molecule is COC(=O)/C=C1\C[C@@H](C[C@@H](O[Si](C)(C)C(C)(C)C)[C@@H](C)OCOCc2ccccc2)O[C@@](OC)(C(C)(C)/C=C/C=O)[C@H]1OC(C)=O. The Morgan fingerprint density at radius 3 is 2.30 bits per heavy atom. The maximum Gasteiger partial charge on any atom is 0.330 e. The lowest BCUT2D eigenvalue weighted by Gasteiger charge is -2.53. The van der Waals surface area contributed by atoms with Crippen LogP contribution in [0.4, 0.5) is 0 Å². The summed E-state index contributed by atoms with van der Waals surface area (Å²) in [5.74, 6) is -2.82. The molecule has 0 N–H and O–H groups in total. The fourth-order valence-electron chi connectivity index (χ4n) is 5.21. The third kappa shape index (κ3) is 10.4. The van der Waals surface area contributed by atoms with Crippen LogP contribution in [0.1, 0.15) is 66.9 Å². The number of hydrogen-bond acceptors (Lipinski definition) is 10. The number of ether oxygens (including phenoxy) is 6. The number of carbonyl (C=O) groups excluding carboxylic acids is 3. The first kappa shape index (κ1) is 39.5. The number of esters is 2. The van der Waals surface area contributed by atoms with E-state index in [2.05, 4.69) is 33.9 Å². The van der Waals surface area contributed by atoms with Gasteiger partial charge in [0.25, 0.3) is 0 Å².